The van der Waals surface area contributed by atoms with Crippen molar-refractivity contribution in [1.29, 1.82) is 0 Å². The zero-order valence-corrected chi connectivity index (χ0v) is 23.5. The van der Waals surface area contributed by atoms with Crippen LogP contribution in [0.2, 0.25) is 0 Å². The van der Waals surface area contributed by atoms with Crippen molar-refractivity contribution >= 4 is 33.9 Å². The van der Waals surface area contributed by atoms with Gasteiger partial charge in [0.15, 0.2) is 17.3 Å². The number of anilines is 1. The number of pyridine rings is 1. The van der Waals surface area contributed by atoms with Gasteiger partial charge in [-0.1, -0.05) is 25.8 Å². The molecule has 9 nitrogen and oxygen atoms in total. The van der Waals surface area contributed by atoms with Crippen LogP contribution < -0.4 is 10.1 Å². The van der Waals surface area contributed by atoms with Gasteiger partial charge in [-0.2, -0.15) is 0 Å². The van der Waals surface area contributed by atoms with Crippen molar-refractivity contribution in [2.45, 2.75) is 58.9 Å². The van der Waals surface area contributed by atoms with Gasteiger partial charge in [0.25, 0.3) is 0 Å². The second-order valence-electron chi connectivity index (χ2n) is 10.2. The first-order chi connectivity index (χ1) is 19.9. The van der Waals surface area contributed by atoms with Crippen molar-refractivity contribution in [1.82, 2.24) is 29.5 Å². The molecule has 1 aromatic carbocycles. The number of rotatable bonds is 12. The van der Waals surface area contributed by atoms with Crippen LogP contribution in [0.1, 0.15) is 58.1 Å². The molecule has 0 amide bonds. The Morgan fingerprint density at radius 3 is 2.88 bits per heavy atom. The first-order valence-corrected chi connectivity index (χ1v) is 14.0. The minimum absolute atomic E-state index is 0.132. The highest BCUT2D eigenvalue weighted by molar-refractivity contribution is 5.88. The van der Waals surface area contributed by atoms with Crippen LogP contribution in [0.3, 0.4) is 0 Å². The molecule has 0 saturated heterocycles. The van der Waals surface area contributed by atoms with Crippen molar-refractivity contribution in [3.63, 3.8) is 0 Å². The SMILES string of the molecule is CCCCC/C=C/C(=O)Oc1ccc2[nH]cc(CCNc3nc(-c4cncc(F)c4)nc4c3ncn4C(C)C)c2c1. The second-order valence-corrected chi connectivity index (χ2v) is 10.2. The molecule has 0 radical (unpaired) electrons. The summed E-state index contributed by atoms with van der Waals surface area (Å²) in [4.78, 5) is 33.4. The lowest BCUT2D eigenvalue weighted by atomic mass is 10.1. The number of imidazole rings is 1. The molecule has 0 aliphatic carbocycles. The maximum absolute atomic E-state index is 13.9. The Labute approximate surface area is 237 Å². The summed E-state index contributed by atoms with van der Waals surface area (Å²) in [5.74, 6) is 0.601. The number of unbranched alkanes of at least 4 members (excludes halogenated alkanes) is 3. The van der Waals surface area contributed by atoms with E-state index in [4.69, 9.17) is 4.74 Å². The number of carbonyl (C=O) groups is 1. The molecule has 4 heterocycles. The number of nitrogens with one attached hydrogen (secondary N) is 2. The molecule has 0 atom stereocenters. The van der Waals surface area contributed by atoms with E-state index in [1.165, 1.54) is 12.1 Å². The van der Waals surface area contributed by atoms with Gasteiger partial charge in [0.2, 0.25) is 0 Å². The predicted molar refractivity (Wildman–Crippen MR) is 158 cm³/mol. The largest absolute Gasteiger partial charge is 0.423 e. The van der Waals surface area contributed by atoms with E-state index in [1.54, 1.807) is 18.6 Å². The van der Waals surface area contributed by atoms with E-state index in [0.717, 1.165) is 48.3 Å². The number of ether oxygens (including phenoxy) is 1. The molecule has 10 heteroatoms. The number of halogens is 1. The van der Waals surface area contributed by atoms with E-state index in [2.05, 4.69) is 37.2 Å². The van der Waals surface area contributed by atoms with E-state index in [-0.39, 0.29) is 12.0 Å². The molecule has 41 heavy (non-hydrogen) atoms. The smallest absolute Gasteiger partial charge is 0.335 e. The monoisotopic (exact) mass is 555 g/mol. The number of fused-ring (bicyclic) bond motifs is 2. The van der Waals surface area contributed by atoms with Gasteiger partial charge in [-0.05, 0) is 62.9 Å². The lowest BCUT2D eigenvalue weighted by molar-refractivity contribution is -0.129. The van der Waals surface area contributed by atoms with E-state index in [0.29, 0.717) is 47.1 Å². The summed E-state index contributed by atoms with van der Waals surface area (Å²) in [5.41, 5.74) is 3.81. The molecular formula is C31H34FN7O2. The number of aromatic nitrogens is 6. The minimum atomic E-state index is -0.453. The van der Waals surface area contributed by atoms with Crippen LogP contribution >= 0.6 is 0 Å². The number of aromatic amines is 1. The van der Waals surface area contributed by atoms with Gasteiger partial charge in [0, 0.05) is 47.5 Å². The van der Waals surface area contributed by atoms with Gasteiger partial charge < -0.3 is 19.6 Å². The third-order valence-electron chi connectivity index (χ3n) is 6.81. The number of H-pyrrole nitrogens is 1. The zero-order valence-electron chi connectivity index (χ0n) is 23.5. The standard InChI is InChI=1S/C31H34FN7O2/c1-4-5-6-7-8-9-27(40)41-24-10-11-26-25(15-24)21(17-35-26)12-13-34-30-28-31(39(19-36-28)20(2)3)38-29(37-30)22-14-23(32)18-33-16-22/h8-11,14-20,35H,4-7,12-13H2,1-3H3,(H,34,37,38)/b9-8+. The summed E-state index contributed by atoms with van der Waals surface area (Å²) in [6.07, 6.45) is 14.7. The van der Waals surface area contributed by atoms with E-state index >= 15 is 0 Å². The normalized spacial score (nSPS) is 11.7. The predicted octanol–water partition coefficient (Wildman–Crippen LogP) is 6.79. The first-order valence-electron chi connectivity index (χ1n) is 14.0. The van der Waals surface area contributed by atoms with Gasteiger partial charge in [0.05, 0.1) is 12.5 Å². The fraction of sp³-hybridized carbons (Fsp3) is 0.323. The van der Waals surface area contributed by atoms with Gasteiger partial charge in [0.1, 0.15) is 17.1 Å². The number of allylic oxidation sites excluding steroid dienone is 1. The van der Waals surface area contributed by atoms with Gasteiger partial charge in [-0.3, -0.25) is 4.98 Å². The molecule has 0 aliphatic heterocycles. The Kier molecular flexibility index (Phi) is 8.67. The van der Waals surface area contributed by atoms with Crippen LogP contribution in [-0.4, -0.2) is 42.0 Å². The molecule has 4 aromatic heterocycles. The Morgan fingerprint density at radius 1 is 1.20 bits per heavy atom. The summed E-state index contributed by atoms with van der Waals surface area (Å²) in [5, 5.41) is 4.38. The average molecular weight is 556 g/mol. The van der Waals surface area contributed by atoms with Crippen molar-refractivity contribution < 1.29 is 13.9 Å². The summed E-state index contributed by atoms with van der Waals surface area (Å²) in [6, 6.07) is 7.08. The number of esters is 1. The van der Waals surface area contributed by atoms with E-state index in [1.807, 2.05) is 42.8 Å². The lowest BCUT2D eigenvalue weighted by Gasteiger charge is -2.11. The maximum Gasteiger partial charge on any atom is 0.335 e. The van der Waals surface area contributed by atoms with Crippen LogP contribution in [0.5, 0.6) is 5.75 Å². The second kappa shape index (κ2) is 12.7. The number of nitrogens with zero attached hydrogens (tertiary/aromatic N) is 5. The number of hydrogen-bond acceptors (Lipinski definition) is 7. The van der Waals surface area contributed by atoms with E-state index < -0.39 is 5.82 Å². The van der Waals surface area contributed by atoms with Crippen molar-refractivity contribution in [3.8, 4) is 17.1 Å². The molecule has 0 fully saturated rings. The molecule has 0 aliphatic rings. The van der Waals surface area contributed by atoms with Crippen LogP contribution in [0.4, 0.5) is 10.2 Å². The maximum atomic E-state index is 13.9. The molecule has 0 bridgehead atoms. The Morgan fingerprint density at radius 2 is 2.07 bits per heavy atom. The van der Waals surface area contributed by atoms with Crippen LogP contribution in [0.25, 0.3) is 33.5 Å². The molecule has 0 saturated carbocycles. The molecule has 0 unspecified atom stereocenters. The van der Waals surface area contributed by atoms with Crippen LogP contribution in [-0.2, 0) is 11.2 Å². The highest BCUT2D eigenvalue weighted by Crippen LogP contribution is 2.27. The highest BCUT2D eigenvalue weighted by Gasteiger charge is 2.17. The lowest BCUT2D eigenvalue weighted by Crippen LogP contribution is -2.09. The summed E-state index contributed by atoms with van der Waals surface area (Å²) < 4.78 is 21.4. The van der Waals surface area contributed by atoms with Gasteiger partial charge in [-0.15, -0.1) is 0 Å². The van der Waals surface area contributed by atoms with Crippen LogP contribution in [0.15, 0.2) is 61.3 Å². The summed E-state index contributed by atoms with van der Waals surface area (Å²) in [7, 11) is 0. The van der Waals surface area contributed by atoms with E-state index in [9.17, 15) is 9.18 Å². The zero-order chi connectivity index (χ0) is 28.8. The van der Waals surface area contributed by atoms with Crippen molar-refractivity contribution in [2.24, 2.45) is 0 Å². The fourth-order valence-electron chi connectivity index (χ4n) is 4.67. The Bertz CT molecular complexity index is 1690. The summed E-state index contributed by atoms with van der Waals surface area (Å²) >= 11 is 0. The fourth-order valence-corrected chi connectivity index (χ4v) is 4.67. The van der Waals surface area contributed by atoms with Crippen molar-refractivity contribution in [2.75, 3.05) is 11.9 Å². The first kappa shape index (κ1) is 27.9. The number of hydrogen-bond donors (Lipinski definition) is 2. The third-order valence-corrected chi connectivity index (χ3v) is 6.81. The quantitative estimate of drug-likeness (QED) is 0.0755. The molecule has 5 rings (SSSR count). The topological polar surface area (TPSA) is 111 Å². The molecular weight excluding hydrogens is 521 g/mol. The van der Waals surface area contributed by atoms with Gasteiger partial charge in [-0.25, -0.2) is 24.1 Å². The third kappa shape index (κ3) is 6.59. The Balaban J connectivity index is 1.32. The summed E-state index contributed by atoms with van der Waals surface area (Å²) in [6.45, 7) is 6.80. The van der Waals surface area contributed by atoms with Crippen LogP contribution in [0, 0.1) is 5.82 Å². The Hall–Kier alpha value is -4.60. The average Bonchev–Trinajstić information content (AvgIpc) is 3.57. The molecule has 212 valence electrons. The molecule has 0 spiro atoms. The molecule has 2 N–H and O–H groups in total. The highest BCUT2D eigenvalue weighted by atomic mass is 19.1. The van der Waals surface area contributed by atoms with Gasteiger partial charge >= 0.3 is 5.97 Å². The number of benzene rings is 1. The number of carbonyl (C=O) groups excluding carboxylic acids is 1. The minimum Gasteiger partial charge on any atom is -0.423 e. The van der Waals surface area contributed by atoms with Crippen molar-refractivity contribution in [3.05, 3.63) is 72.7 Å². The molecule has 5 aromatic rings.